The standard InChI is InChI=1S/C7H4ClF3N2O3S/c8-17(15,16)6-3(5(12)14)1-2-4(13-6)7(9,10)11/h1-2H,(H2,12,14). The lowest BCUT2D eigenvalue weighted by molar-refractivity contribution is -0.141. The van der Waals surface area contributed by atoms with Crippen LogP contribution in [0.15, 0.2) is 17.2 Å². The molecule has 1 amide bonds. The molecule has 0 saturated carbocycles. The molecule has 0 aromatic carbocycles. The molecular formula is C7H4ClF3N2O3S. The molecule has 1 rings (SSSR count). The Morgan fingerprint density at radius 1 is 1.35 bits per heavy atom. The van der Waals surface area contributed by atoms with Gasteiger partial charge in [-0.3, -0.25) is 4.79 Å². The molecule has 1 aromatic rings. The van der Waals surface area contributed by atoms with Crippen molar-refractivity contribution in [2.45, 2.75) is 11.2 Å². The maximum Gasteiger partial charge on any atom is 0.433 e. The molecule has 0 aliphatic heterocycles. The summed E-state index contributed by atoms with van der Waals surface area (Å²) >= 11 is 0. The number of primary amides is 1. The van der Waals surface area contributed by atoms with Crippen molar-refractivity contribution >= 4 is 25.6 Å². The van der Waals surface area contributed by atoms with E-state index in [-0.39, 0.29) is 0 Å². The summed E-state index contributed by atoms with van der Waals surface area (Å²) in [5, 5.41) is -1.21. The number of rotatable bonds is 2. The Morgan fingerprint density at radius 3 is 2.24 bits per heavy atom. The number of carbonyl (C=O) groups excluding carboxylic acids is 1. The zero-order valence-corrected chi connectivity index (χ0v) is 9.40. The van der Waals surface area contributed by atoms with E-state index in [1.165, 1.54) is 0 Å². The van der Waals surface area contributed by atoms with Gasteiger partial charge in [-0.25, -0.2) is 13.4 Å². The second-order valence-electron chi connectivity index (χ2n) is 2.85. The lowest BCUT2D eigenvalue weighted by Crippen LogP contribution is -2.18. The third-order valence-corrected chi connectivity index (χ3v) is 2.86. The zero-order chi connectivity index (χ0) is 13.4. The van der Waals surface area contributed by atoms with Crippen LogP contribution in [0.25, 0.3) is 0 Å². The lowest BCUT2D eigenvalue weighted by atomic mass is 10.2. The van der Waals surface area contributed by atoms with Gasteiger partial charge in [-0.15, -0.1) is 0 Å². The normalized spacial score (nSPS) is 12.5. The highest BCUT2D eigenvalue weighted by atomic mass is 35.7. The number of halogens is 4. The van der Waals surface area contributed by atoms with Crippen LogP contribution in [-0.4, -0.2) is 19.3 Å². The maximum absolute atomic E-state index is 12.3. The van der Waals surface area contributed by atoms with Crippen molar-refractivity contribution in [1.82, 2.24) is 4.98 Å². The molecule has 0 bridgehead atoms. The quantitative estimate of drug-likeness (QED) is 0.826. The molecule has 0 saturated heterocycles. The van der Waals surface area contributed by atoms with Gasteiger partial charge >= 0.3 is 6.18 Å². The van der Waals surface area contributed by atoms with Gasteiger partial charge in [-0.2, -0.15) is 13.2 Å². The summed E-state index contributed by atoms with van der Waals surface area (Å²) in [6, 6.07) is 1.04. The van der Waals surface area contributed by atoms with E-state index in [1.54, 1.807) is 0 Å². The van der Waals surface area contributed by atoms with Crippen molar-refractivity contribution < 1.29 is 26.4 Å². The smallest absolute Gasteiger partial charge is 0.366 e. The number of hydrogen-bond acceptors (Lipinski definition) is 4. The number of nitrogens with zero attached hydrogens (tertiary/aromatic N) is 1. The van der Waals surface area contributed by atoms with Crippen molar-refractivity contribution in [2.75, 3.05) is 0 Å². The molecule has 0 spiro atoms. The first-order valence-electron chi connectivity index (χ1n) is 3.86. The third kappa shape index (κ3) is 3.07. The Kier molecular flexibility index (Phi) is 3.35. The van der Waals surface area contributed by atoms with Crippen LogP contribution in [0, 0.1) is 0 Å². The lowest BCUT2D eigenvalue weighted by Gasteiger charge is -2.08. The van der Waals surface area contributed by atoms with Crippen LogP contribution < -0.4 is 5.73 Å². The Labute approximate surface area is 97.8 Å². The fraction of sp³-hybridized carbons (Fsp3) is 0.143. The van der Waals surface area contributed by atoms with Gasteiger partial charge in [0.2, 0.25) is 0 Å². The van der Waals surface area contributed by atoms with Gasteiger partial charge in [0.25, 0.3) is 15.0 Å². The van der Waals surface area contributed by atoms with E-state index in [4.69, 9.17) is 16.4 Å². The molecule has 0 aliphatic rings. The number of pyridine rings is 1. The summed E-state index contributed by atoms with van der Waals surface area (Å²) in [6.45, 7) is 0. The monoisotopic (exact) mass is 288 g/mol. The van der Waals surface area contributed by atoms with E-state index in [1.807, 2.05) is 0 Å². The predicted octanol–water partition coefficient (Wildman–Crippen LogP) is 1.13. The summed E-state index contributed by atoms with van der Waals surface area (Å²) in [6.07, 6.45) is -4.85. The van der Waals surface area contributed by atoms with Gasteiger partial charge in [-0.1, -0.05) is 0 Å². The average Bonchev–Trinajstić information content (AvgIpc) is 2.14. The minimum Gasteiger partial charge on any atom is -0.366 e. The summed E-state index contributed by atoms with van der Waals surface area (Å²) in [5.74, 6) is -1.24. The second-order valence-corrected chi connectivity index (χ2v) is 5.33. The molecule has 10 heteroatoms. The molecule has 17 heavy (non-hydrogen) atoms. The van der Waals surface area contributed by atoms with E-state index >= 15 is 0 Å². The van der Waals surface area contributed by atoms with Crippen LogP contribution in [0.1, 0.15) is 16.1 Å². The fourth-order valence-electron chi connectivity index (χ4n) is 0.972. The Balaban J connectivity index is 3.57. The molecule has 2 N–H and O–H groups in total. The van der Waals surface area contributed by atoms with Crippen molar-refractivity contribution in [3.05, 3.63) is 23.4 Å². The molecule has 0 unspecified atom stereocenters. The van der Waals surface area contributed by atoms with Crippen LogP contribution in [0.3, 0.4) is 0 Å². The number of carbonyl (C=O) groups is 1. The summed E-state index contributed by atoms with van der Waals surface area (Å²) in [5.41, 5.74) is 2.60. The van der Waals surface area contributed by atoms with E-state index in [0.29, 0.717) is 12.1 Å². The summed E-state index contributed by atoms with van der Waals surface area (Å²) < 4.78 is 58.7. The van der Waals surface area contributed by atoms with Gasteiger partial charge in [0, 0.05) is 10.7 Å². The highest BCUT2D eigenvalue weighted by Crippen LogP contribution is 2.29. The summed E-state index contributed by atoms with van der Waals surface area (Å²) in [7, 11) is 0.263. The topological polar surface area (TPSA) is 90.1 Å². The molecule has 0 atom stereocenters. The van der Waals surface area contributed by atoms with Crippen LogP contribution >= 0.6 is 10.7 Å². The Morgan fingerprint density at radius 2 is 1.88 bits per heavy atom. The van der Waals surface area contributed by atoms with Gasteiger partial charge in [-0.05, 0) is 12.1 Å². The molecular weight excluding hydrogens is 285 g/mol. The fourth-order valence-corrected chi connectivity index (χ4v) is 1.96. The number of hydrogen-bond donors (Lipinski definition) is 1. The molecule has 5 nitrogen and oxygen atoms in total. The van der Waals surface area contributed by atoms with Crippen molar-refractivity contribution in [3.8, 4) is 0 Å². The average molecular weight is 289 g/mol. The van der Waals surface area contributed by atoms with Gasteiger partial charge < -0.3 is 5.73 Å². The SMILES string of the molecule is NC(=O)c1ccc(C(F)(F)F)nc1S(=O)(=O)Cl. The molecule has 0 fully saturated rings. The predicted molar refractivity (Wildman–Crippen MR) is 50.8 cm³/mol. The Bertz CT molecular complexity index is 570. The second kappa shape index (κ2) is 4.15. The van der Waals surface area contributed by atoms with Crippen LogP contribution in [0.5, 0.6) is 0 Å². The highest BCUT2D eigenvalue weighted by molar-refractivity contribution is 8.13. The van der Waals surface area contributed by atoms with Crippen LogP contribution in [0.4, 0.5) is 13.2 Å². The summed E-state index contributed by atoms with van der Waals surface area (Å²) in [4.78, 5) is 13.6. The largest absolute Gasteiger partial charge is 0.433 e. The van der Waals surface area contributed by atoms with Crippen LogP contribution in [0.2, 0.25) is 0 Å². The Hall–Kier alpha value is -1.35. The van der Waals surface area contributed by atoms with Crippen molar-refractivity contribution in [1.29, 1.82) is 0 Å². The first kappa shape index (κ1) is 13.7. The number of nitrogens with two attached hydrogens (primary N) is 1. The van der Waals surface area contributed by atoms with E-state index in [9.17, 15) is 26.4 Å². The molecule has 94 valence electrons. The number of amides is 1. The number of alkyl halides is 3. The van der Waals surface area contributed by atoms with E-state index < -0.39 is 37.4 Å². The highest BCUT2D eigenvalue weighted by Gasteiger charge is 2.35. The zero-order valence-electron chi connectivity index (χ0n) is 7.82. The van der Waals surface area contributed by atoms with Crippen LogP contribution in [-0.2, 0) is 15.2 Å². The first-order valence-corrected chi connectivity index (χ1v) is 6.17. The molecule has 1 aromatic heterocycles. The third-order valence-electron chi connectivity index (χ3n) is 1.65. The van der Waals surface area contributed by atoms with Gasteiger partial charge in [0.1, 0.15) is 5.69 Å². The van der Waals surface area contributed by atoms with Crippen molar-refractivity contribution in [3.63, 3.8) is 0 Å². The van der Waals surface area contributed by atoms with Gasteiger partial charge in [0.05, 0.1) is 5.56 Å². The minimum absolute atomic E-state index is 0.436. The van der Waals surface area contributed by atoms with E-state index in [2.05, 4.69) is 4.98 Å². The molecule has 0 aliphatic carbocycles. The minimum atomic E-state index is -4.85. The van der Waals surface area contributed by atoms with Gasteiger partial charge in [0.15, 0.2) is 5.03 Å². The number of aromatic nitrogens is 1. The van der Waals surface area contributed by atoms with E-state index in [0.717, 1.165) is 0 Å². The first-order chi connectivity index (χ1) is 7.53. The van der Waals surface area contributed by atoms with Crippen molar-refractivity contribution in [2.24, 2.45) is 5.73 Å². The molecule has 1 heterocycles. The maximum atomic E-state index is 12.3. The molecule has 0 radical (unpaired) electrons.